The molecule has 1 rings (SSSR count). The Morgan fingerprint density at radius 1 is 1.60 bits per heavy atom. The third kappa shape index (κ3) is 1.18. The summed E-state index contributed by atoms with van der Waals surface area (Å²) in [5, 5.41) is 9.40. The van der Waals surface area contributed by atoms with Crippen LogP contribution in [0.2, 0.25) is 0 Å². The fourth-order valence-electron chi connectivity index (χ4n) is 1.80. The number of hydrogen-bond acceptors (Lipinski definition) is 2. The molecule has 0 aliphatic heterocycles. The molecule has 3 N–H and O–H groups in total. The molecule has 2 nitrogen and oxygen atoms in total. The van der Waals surface area contributed by atoms with E-state index in [4.69, 9.17) is 5.73 Å². The van der Waals surface area contributed by atoms with Gasteiger partial charge in [0.25, 0.3) is 0 Å². The lowest BCUT2D eigenvalue weighted by molar-refractivity contribution is -0.0277. The Balaban J connectivity index is 2.42. The molecule has 1 aliphatic carbocycles. The first-order valence-electron chi connectivity index (χ1n) is 4.09. The molecule has 1 saturated carbocycles. The van der Waals surface area contributed by atoms with E-state index < -0.39 is 0 Å². The Kier molecular flexibility index (Phi) is 2.32. The van der Waals surface area contributed by atoms with Crippen LogP contribution < -0.4 is 5.73 Å². The summed E-state index contributed by atoms with van der Waals surface area (Å²) in [7, 11) is 0. The highest BCUT2D eigenvalue weighted by molar-refractivity contribution is 4.91. The molecular formula is C8H17NO. The molecule has 0 aromatic rings. The van der Waals surface area contributed by atoms with Crippen LogP contribution in [0.4, 0.5) is 0 Å². The molecule has 0 spiro atoms. The molecule has 0 aromatic heterocycles. The van der Waals surface area contributed by atoms with Crippen molar-refractivity contribution in [2.75, 3.05) is 6.54 Å². The van der Waals surface area contributed by atoms with Gasteiger partial charge in [-0.25, -0.2) is 0 Å². The van der Waals surface area contributed by atoms with Crippen molar-refractivity contribution >= 4 is 0 Å². The van der Waals surface area contributed by atoms with Crippen molar-refractivity contribution in [2.24, 2.45) is 11.1 Å². The van der Waals surface area contributed by atoms with Gasteiger partial charge in [-0.3, -0.25) is 0 Å². The van der Waals surface area contributed by atoms with E-state index in [0.29, 0.717) is 6.54 Å². The fraction of sp³-hybridized carbons (Fsp3) is 1.00. The average molecular weight is 143 g/mol. The zero-order valence-corrected chi connectivity index (χ0v) is 6.64. The maximum absolute atomic E-state index is 9.40. The minimum absolute atomic E-state index is 0.162. The van der Waals surface area contributed by atoms with E-state index >= 15 is 0 Å². The first-order valence-corrected chi connectivity index (χ1v) is 4.09. The first kappa shape index (κ1) is 8.02. The Morgan fingerprint density at radius 2 is 2.20 bits per heavy atom. The van der Waals surface area contributed by atoms with E-state index in [9.17, 15) is 5.11 Å². The average Bonchev–Trinajstić information content (AvgIpc) is 1.77. The molecule has 0 heterocycles. The van der Waals surface area contributed by atoms with Gasteiger partial charge in [-0.1, -0.05) is 6.42 Å². The van der Waals surface area contributed by atoms with Crippen LogP contribution in [0.3, 0.4) is 0 Å². The number of aliphatic hydroxyl groups is 1. The van der Waals surface area contributed by atoms with Crippen LogP contribution in [0.15, 0.2) is 0 Å². The number of nitrogens with two attached hydrogens (primary N) is 1. The quantitative estimate of drug-likeness (QED) is 0.616. The predicted molar refractivity (Wildman–Crippen MR) is 41.6 cm³/mol. The lowest BCUT2D eigenvalue weighted by atomic mass is 9.63. The summed E-state index contributed by atoms with van der Waals surface area (Å²) >= 11 is 0. The van der Waals surface area contributed by atoms with Crippen molar-refractivity contribution in [2.45, 2.75) is 38.7 Å². The standard InChI is InChI=1S/C8H17NO/c1-7(10)8(5-6-9)3-2-4-8/h7,10H,2-6,9H2,1H3. The van der Waals surface area contributed by atoms with Crippen molar-refractivity contribution in [3.63, 3.8) is 0 Å². The Morgan fingerprint density at radius 3 is 2.30 bits per heavy atom. The lowest BCUT2D eigenvalue weighted by Gasteiger charge is -2.44. The zero-order chi connectivity index (χ0) is 7.61. The fourth-order valence-corrected chi connectivity index (χ4v) is 1.80. The summed E-state index contributed by atoms with van der Waals surface area (Å²) in [6, 6.07) is 0. The molecule has 2 heteroatoms. The third-order valence-electron chi connectivity index (χ3n) is 2.88. The third-order valence-corrected chi connectivity index (χ3v) is 2.88. The molecule has 0 aromatic carbocycles. The first-order chi connectivity index (χ1) is 4.71. The van der Waals surface area contributed by atoms with Crippen LogP contribution in [-0.4, -0.2) is 17.8 Å². The summed E-state index contributed by atoms with van der Waals surface area (Å²) in [5.74, 6) is 0. The zero-order valence-electron chi connectivity index (χ0n) is 6.64. The molecule has 1 atom stereocenters. The second kappa shape index (κ2) is 2.89. The van der Waals surface area contributed by atoms with E-state index in [-0.39, 0.29) is 11.5 Å². The van der Waals surface area contributed by atoms with Crippen LogP contribution in [0, 0.1) is 5.41 Å². The van der Waals surface area contributed by atoms with Gasteiger partial charge in [-0.2, -0.15) is 0 Å². The van der Waals surface area contributed by atoms with Crippen LogP contribution in [-0.2, 0) is 0 Å². The lowest BCUT2D eigenvalue weighted by Crippen LogP contribution is -2.41. The van der Waals surface area contributed by atoms with E-state index in [2.05, 4.69) is 0 Å². The van der Waals surface area contributed by atoms with Gasteiger partial charge in [0, 0.05) is 0 Å². The van der Waals surface area contributed by atoms with E-state index in [1.807, 2.05) is 6.92 Å². The summed E-state index contributed by atoms with van der Waals surface area (Å²) in [4.78, 5) is 0. The molecule has 1 aliphatic rings. The second-order valence-corrected chi connectivity index (χ2v) is 3.43. The maximum atomic E-state index is 9.40. The molecule has 60 valence electrons. The number of aliphatic hydroxyl groups excluding tert-OH is 1. The van der Waals surface area contributed by atoms with Crippen LogP contribution >= 0.6 is 0 Å². The number of hydrogen-bond donors (Lipinski definition) is 2. The SMILES string of the molecule is CC(O)C1(CCN)CCC1. The Bertz CT molecular complexity index is 108. The summed E-state index contributed by atoms with van der Waals surface area (Å²) < 4.78 is 0. The molecular weight excluding hydrogens is 126 g/mol. The Hall–Kier alpha value is -0.0800. The minimum Gasteiger partial charge on any atom is -0.393 e. The molecule has 0 bridgehead atoms. The molecule has 0 amide bonds. The van der Waals surface area contributed by atoms with Crippen LogP contribution in [0.25, 0.3) is 0 Å². The van der Waals surface area contributed by atoms with Gasteiger partial charge < -0.3 is 10.8 Å². The predicted octanol–water partition coefficient (Wildman–Crippen LogP) is 0.886. The van der Waals surface area contributed by atoms with Gasteiger partial charge in [0.2, 0.25) is 0 Å². The topological polar surface area (TPSA) is 46.2 Å². The molecule has 0 radical (unpaired) electrons. The van der Waals surface area contributed by atoms with Crippen molar-refractivity contribution in [3.8, 4) is 0 Å². The van der Waals surface area contributed by atoms with Gasteiger partial charge in [-0.05, 0) is 38.1 Å². The van der Waals surface area contributed by atoms with Gasteiger partial charge in [0.1, 0.15) is 0 Å². The highest BCUT2D eigenvalue weighted by Crippen LogP contribution is 2.46. The molecule has 1 fully saturated rings. The Labute approximate surface area is 62.4 Å². The summed E-state index contributed by atoms with van der Waals surface area (Å²) in [5.41, 5.74) is 5.65. The van der Waals surface area contributed by atoms with Crippen molar-refractivity contribution < 1.29 is 5.11 Å². The van der Waals surface area contributed by atoms with Gasteiger partial charge in [0.05, 0.1) is 6.10 Å². The minimum atomic E-state index is -0.162. The van der Waals surface area contributed by atoms with E-state index in [1.165, 1.54) is 19.3 Å². The van der Waals surface area contributed by atoms with Crippen LogP contribution in [0.1, 0.15) is 32.6 Å². The maximum Gasteiger partial charge on any atom is 0.0568 e. The van der Waals surface area contributed by atoms with Crippen molar-refractivity contribution in [1.29, 1.82) is 0 Å². The van der Waals surface area contributed by atoms with Crippen molar-refractivity contribution in [1.82, 2.24) is 0 Å². The summed E-state index contributed by atoms with van der Waals surface area (Å²) in [6.45, 7) is 2.60. The van der Waals surface area contributed by atoms with Gasteiger partial charge >= 0.3 is 0 Å². The molecule has 1 unspecified atom stereocenters. The molecule has 0 saturated heterocycles. The molecule has 10 heavy (non-hydrogen) atoms. The smallest absolute Gasteiger partial charge is 0.0568 e. The second-order valence-electron chi connectivity index (χ2n) is 3.43. The normalized spacial score (nSPS) is 25.5. The van der Waals surface area contributed by atoms with E-state index in [0.717, 1.165) is 6.42 Å². The largest absolute Gasteiger partial charge is 0.393 e. The summed E-state index contributed by atoms with van der Waals surface area (Å²) in [6.07, 6.45) is 4.43. The number of rotatable bonds is 3. The van der Waals surface area contributed by atoms with Gasteiger partial charge in [0.15, 0.2) is 0 Å². The van der Waals surface area contributed by atoms with Crippen LogP contribution in [0.5, 0.6) is 0 Å². The van der Waals surface area contributed by atoms with Gasteiger partial charge in [-0.15, -0.1) is 0 Å². The highest BCUT2D eigenvalue weighted by atomic mass is 16.3. The monoisotopic (exact) mass is 143 g/mol. The van der Waals surface area contributed by atoms with E-state index in [1.54, 1.807) is 0 Å². The van der Waals surface area contributed by atoms with Crippen molar-refractivity contribution in [3.05, 3.63) is 0 Å². The highest BCUT2D eigenvalue weighted by Gasteiger charge is 2.40.